The molecule has 2 aromatic rings. The van der Waals surface area contributed by atoms with Gasteiger partial charge in [0.15, 0.2) is 6.61 Å². The lowest BCUT2D eigenvalue weighted by molar-refractivity contribution is -0.0467. The second kappa shape index (κ2) is 6.44. The fraction of sp³-hybridized carbons (Fsp3) is 0.333. The fourth-order valence-electron chi connectivity index (χ4n) is 2.17. The molecule has 118 valence electrons. The Labute approximate surface area is 129 Å². The summed E-state index contributed by atoms with van der Waals surface area (Å²) < 4.78 is 33.2. The van der Waals surface area contributed by atoms with Crippen molar-refractivity contribution < 1.29 is 13.5 Å². The average molecular weight is 305 g/mol. The Bertz CT molecular complexity index is 589. The van der Waals surface area contributed by atoms with Gasteiger partial charge in [0.05, 0.1) is 0 Å². The molecular formula is C18H21F2NO. The Morgan fingerprint density at radius 3 is 2.09 bits per heavy atom. The highest BCUT2D eigenvalue weighted by Crippen LogP contribution is 2.28. The van der Waals surface area contributed by atoms with Gasteiger partial charge in [-0.05, 0) is 38.0 Å². The molecule has 0 spiro atoms. The molecule has 0 aliphatic carbocycles. The van der Waals surface area contributed by atoms with E-state index in [1.165, 1.54) is 12.1 Å². The highest BCUT2D eigenvalue weighted by Gasteiger charge is 2.32. The molecular weight excluding hydrogens is 284 g/mol. The largest absolute Gasteiger partial charge is 0.487 e. The van der Waals surface area contributed by atoms with Crippen LogP contribution in [0.2, 0.25) is 0 Å². The van der Waals surface area contributed by atoms with E-state index in [2.05, 4.69) is 0 Å². The highest BCUT2D eigenvalue weighted by molar-refractivity contribution is 5.28. The quantitative estimate of drug-likeness (QED) is 0.870. The van der Waals surface area contributed by atoms with E-state index < -0.39 is 12.5 Å². The van der Waals surface area contributed by atoms with Crippen molar-refractivity contribution in [2.45, 2.75) is 31.7 Å². The third kappa shape index (κ3) is 4.81. The number of ether oxygens (including phenoxy) is 1. The van der Waals surface area contributed by atoms with E-state index in [1.807, 2.05) is 26.0 Å². The van der Waals surface area contributed by atoms with Gasteiger partial charge in [-0.3, -0.25) is 0 Å². The monoisotopic (exact) mass is 305 g/mol. The smallest absolute Gasteiger partial charge is 0.306 e. The normalized spacial score (nSPS) is 12.2. The summed E-state index contributed by atoms with van der Waals surface area (Å²) in [5.74, 6) is -2.59. The van der Waals surface area contributed by atoms with Crippen LogP contribution in [0.25, 0.3) is 0 Å². The average Bonchev–Trinajstić information content (AvgIpc) is 2.46. The lowest BCUT2D eigenvalue weighted by Gasteiger charge is -2.19. The summed E-state index contributed by atoms with van der Waals surface area (Å²) in [6.07, 6.45) is 0.716. The predicted octanol–water partition coefficient (Wildman–Crippen LogP) is 4.14. The molecule has 0 atom stereocenters. The van der Waals surface area contributed by atoms with Gasteiger partial charge in [-0.2, -0.15) is 8.78 Å². The molecule has 0 bridgehead atoms. The van der Waals surface area contributed by atoms with Crippen LogP contribution in [0, 0.1) is 0 Å². The summed E-state index contributed by atoms with van der Waals surface area (Å²) in [7, 11) is 0. The maximum Gasteiger partial charge on any atom is 0.306 e. The second-order valence-corrected chi connectivity index (χ2v) is 6.17. The maximum absolute atomic E-state index is 14.0. The molecule has 0 unspecified atom stereocenters. The molecule has 2 aromatic carbocycles. The van der Waals surface area contributed by atoms with Crippen LogP contribution in [-0.2, 0) is 12.3 Å². The van der Waals surface area contributed by atoms with Crippen molar-refractivity contribution in [1.29, 1.82) is 0 Å². The van der Waals surface area contributed by atoms with E-state index in [-0.39, 0.29) is 11.1 Å². The number of hydrogen-bond donors (Lipinski definition) is 1. The Kier molecular flexibility index (Phi) is 4.81. The zero-order chi connectivity index (χ0) is 16.2. The van der Waals surface area contributed by atoms with E-state index in [4.69, 9.17) is 10.5 Å². The molecule has 22 heavy (non-hydrogen) atoms. The number of benzene rings is 2. The van der Waals surface area contributed by atoms with E-state index >= 15 is 0 Å². The standard InChI is InChI=1S/C18H21F2NO/c1-17(2,21)12-14-8-10-16(11-9-14)22-13-18(19,20)15-6-4-3-5-7-15/h3-11H,12-13,21H2,1-2H3. The van der Waals surface area contributed by atoms with Crippen molar-refractivity contribution in [2.75, 3.05) is 6.61 Å². The lowest BCUT2D eigenvalue weighted by Crippen LogP contribution is -2.34. The zero-order valence-corrected chi connectivity index (χ0v) is 12.9. The third-order valence-electron chi connectivity index (χ3n) is 3.20. The first-order valence-electron chi connectivity index (χ1n) is 7.20. The minimum Gasteiger partial charge on any atom is -0.487 e. The summed E-state index contributed by atoms with van der Waals surface area (Å²) >= 11 is 0. The summed E-state index contributed by atoms with van der Waals surface area (Å²) in [5.41, 5.74) is 6.66. The number of nitrogens with two attached hydrogens (primary N) is 1. The van der Waals surface area contributed by atoms with Crippen molar-refractivity contribution >= 4 is 0 Å². The minimum absolute atomic E-state index is 0.0449. The van der Waals surface area contributed by atoms with Crippen LogP contribution < -0.4 is 10.5 Å². The van der Waals surface area contributed by atoms with Gasteiger partial charge in [0.2, 0.25) is 0 Å². The molecule has 4 heteroatoms. The number of alkyl halides is 2. The summed E-state index contributed by atoms with van der Waals surface area (Å²) in [5, 5.41) is 0. The summed E-state index contributed by atoms with van der Waals surface area (Å²) in [6.45, 7) is 3.20. The van der Waals surface area contributed by atoms with Crippen LogP contribution in [0.15, 0.2) is 54.6 Å². The molecule has 0 saturated heterocycles. The maximum atomic E-state index is 14.0. The molecule has 0 amide bonds. The Morgan fingerprint density at radius 1 is 0.955 bits per heavy atom. The van der Waals surface area contributed by atoms with Gasteiger partial charge in [0, 0.05) is 11.1 Å². The van der Waals surface area contributed by atoms with Crippen LogP contribution >= 0.6 is 0 Å². The van der Waals surface area contributed by atoms with Crippen LogP contribution in [0.4, 0.5) is 8.78 Å². The predicted molar refractivity (Wildman–Crippen MR) is 84.2 cm³/mol. The number of halogens is 2. The van der Waals surface area contributed by atoms with Gasteiger partial charge in [0.1, 0.15) is 5.75 Å². The first kappa shape index (κ1) is 16.4. The van der Waals surface area contributed by atoms with E-state index in [9.17, 15) is 8.78 Å². The SMILES string of the molecule is CC(C)(N)Cc1ccc(OCC(F)(F)c2ccccc2)cc1. The number of rotatable bonds is 6. The third-order valence-corrected chi connectivity index (χ3v) is 3.20. The summed E-state index contributed by atoms with van der Waals surface area (Å²) in [4.78, 5) is 0. The van der Waals surface area contributed by atoms with E-state index in [0.29, 0.717) is 12.2 Å². The van der Waals surface area contributed by atoms with Gasteiger partial charge >= 0.3 is 5.92 Å². The molecule has 2 rings (SSSR count). The van der Waals surface area contributed by atoms with Gasteiger partial charge in [-0.1, -0.05) is 42.5 Å². The van der Waals surface area contributed by atoms with Crippen LogP contribution in [0.1, 0.15) is 25.0 Å². The topological polar surface area (TPSA) is 35.2 Å². The molecule has 2 N–H and O–H groups in total. The zero-order valence-electron chi connectivity index (χ0n) is 12.9. The van der Waals surface area contributed by atoms with Crippen molar-refractivity contribution in [2.24, 2.45) is 5.73 Å². The summed E-state index contributed by atoms with van der Waals surface area (Å²) in [6, 6.07) is 14.8. The Balaban J connectivity index is 1.97. The van der Waals surface area contributed by atoms with Crippen molar-refractivity contribution in [3.8, 4) is 5.75 Å². The molecule has 0 aliphatic heterocycles. The lowest BCUT2D eigenvalue weighted by atomic mass is 9.96. The molecule has 2 nitrogen and oxygen atoms in total. The highest BCUT2D eigenvalue weighted by atomic mass is 19.3. The second-order valence-electron chi connectivity index (χ2n) is 6.17. The molecule has 0 aliphatic rings. The van der Waals surface area contributed by atoms with Gasteiger partial charge in [-0.25, -0.2) is 0 Å². The van der Waals surface area contributed by atoms with Crippen molar-refractivity contribution in [1.82, 2.24) is 0 Å². The molecule has 0 heterocycles. The molecule has 0 radical (unpaired) electrons. The van der Waals surface area contributed by atoms with Gasteiger partial charge in [-0.15, -0.1) is 0 Å². The first-order chi connectivity index (χ1) is 10.3. The first-order valence-corrected chi connectivity index (χ1v) is 7.20. The van der Waals surface area contributed by atoms with Crippen molar-refractivity contribution in [3.05, 3.63) is 65.7 Å². The van der Waals surface area contributed by atoms with E-state index in [0.717, 1.165) is 5.56 Å². The Hall–Kier alpha value is -1.94. The molecule has 0 fully saturated rings. The minimum atomic E-state index is -3.01. The van der Waals surface area contributed by atoms with Crippen LogP contribution in [0.3, 0.4) is 0 Å². The fourth-order valence-corrected chi connectivity index (χ4v) is 2.17. The van der Waals surface area contributed by atoms with Gasteiger partial charge < -0.3 is 10.5 Å². The van der Waals surface area contributed by atoms with Crippen molar-refractivity contribution in [3.63, 3.8) is 0 Å². The number of hydrogen-bond acceptors (Lipinski definition) is 2. The van der Waals surface area contributed by atoms with Gasteiger partial charge in [0.25, 0.3) is 0 Å². The Morgan fingerprint density at radius 2 is 1.55 bits per heavy atom. The van der Waals surface area contributed by atoms with Crippen LogP contribution in [0.5, 0.6) is 5.75 Å². The molecule has 0 aromatic heterocycles. The van der Waals surface area contributed by atoms with Crippen LogP contribution in [-0.4, -0.2) is 12.1 Å². The molecule has 0 saturated carbocycles. The van der Waals surface area contributed by atoms with E-state index in [1.54, 1.807) is 30.3 Å².